The van der Waals surface area contributed by atoms with Gasteiger partial charge >= 0.3 is 0 Å². The first-order chi connectivity index (χ1) is 11.2. The molecule has 25 heavy (non-hydrogen) atoms. The number of hydrogen-bond acceptors (Lipinski definition) is 4. The van der Waals surface area contributed by atoms with Crippen LogP contribution in [0, 0.1) is 0 Å². The van der Waals surface area contributed by atoms with Crippen molar-refractivity contribution in [1.82, 2.24) is 20.5 Å². The third-order valence-corrected chi connectivity index (χ3v) is 4.27. The Morgan fingerprint density at radius 3 is 2.68 bits per heavy atom. The minimum Gasteiger partial charge on any atom is -0.351 e. The zero-order valence-corrected chi connectivity index (χ0v) is 16.2. The van der Waals surface area contributed by atoms with E-state index in [0.29, 0.717) is 17.3 Å². The van der Waals surface area contributed by atoms with Gasteiger partial charge in [-0.15, -0.1) is 24.8 Å². The number of nitrogens with one attached hydrogen (secondary N) is 2. The van der Waals surface area contributed by atoms with Crippen LogP contribution in [-0.4, -0.2) is 55.1 Å². The maximum atomic E-state index is 12.2. The number of carbonyl (C=O) groups is 1. The number of amides is 1. The minimum absolute atomic E-state index is 0. The molecule has 1 amide bonds. The van der Waals surface area contributed by atoms with Gasteiger partial charge in [-0.25, -0.2) is 4.98 Å². The van der Waals surface area contributed by atoms with E-state index in [2.05, 4.69) is 20.5 Å². The summed E-state index contributed by atoms with van der Waals surface area (Å²) in [6.07, 6.45) is 0.950. The second-order valence-electron chi connectivity index (χ2n) is 5.73. The lowest BCUT2D eigenvalue weighted by Crippen LogP contribution is -2.44. The molecule has 0 saturated carbocycles. The first-order valence-corrected chi connectivity index (χ1v) is 8.38. The van der Waals surface area contributed by atoms with Crippen LogP contribution in [0.5, 0.6) is 0 Å². The number of piperazine rings is 1. The minimum atomic E-state index is -0.132. The van der Waals surface area contributed by atoms with Gasteiger partial charge in [0.1, 0.15) is 5.69 Å². The molecule has 3 rings (SSSR count). The van der Waals surface area contributed by atoms with Crippen molar-refractivity contribution >= 4 is 53.2 Å². The van der Waals surface area contributed by atoms with Crippen molar-refractivity contribution in [1.29, 1.82) is 0 Å². The highest BCUT2D eigenvalue weighted by Gasteiger charge is 2.10. The normalized spacial score (nSPS) is 14.4. The molecule has 5 nitrogen and oxygen atoms in total. The lowest BCUT2D eigenvalue weighted by atomic mass is 10.2. The van der Waals surface area contributed by atoms with Crippen LogP contribution in [0.15, 0.2) is 30.3 Å². The molecule has 0 spiro atoms. The Labute approximate surface area is 165 Å². The fraction of sp³-hybridized carbons (Fsp3) is 0.412. The first kappa shape index (κ1) is 21.9. The van der Waals surface area contributed by atoms with Gasteiger partial charge in [-0.05, 0) is 31.2 Å². The van der Waals surface area contributed by atoms with Gasteiger partial charge in [-0.2, -0.15) is 0 Å². The second kappa shape index (κ2) is 10.8. The van der Waals surface area contributed by atoms with E-state index in [1.54, 1.807) is 12.1 Å². The number of hydrogen-bond donors (Lipinski definition) is 2. The molecule has 1 saturated heterocycles. The lowest BCUT2D eigenvalue weighted by Gasteiger charge is -2.27. The number of halogens is 3. The van der Waals surface area contributed by atoms with Crippen molar-refractivity contribution in [2.45, 2.75) is 6.42 Å². The first-order valence-electron chi connectivity index (χ1n) is 8.00. The third kappa shape index (κ3) is 6.28. The van der Waals surface area contributed by atoms with Crippen LogP contribution < -0.4 is 10.6 Å². The Kier molecular flexibility index (Phi) is 9.46. The van der Waals surface area contributed by atoms with Crippen LogP contribution in [-0.2, 0) is 0 Å². The van der Waals surface area contributed by atoms with Crippen molar-refractivity contribution in [3.63, 3.8) is 0 Å². The van der Waals surface area contributed by atoms with Crippen molar-refractivity contribution in [3.8, 4) is 0 Å². The molecule has 0 atom stereocenters. The van der Waals surface area contributed by atoms with Crippen molar-refractivity contribution in [2.75, 3.05) is 39.3 Å². The fourth-order valence-corrected chi connectivity index (χ4v) is 2.91. The lowest BCUT2D eigenvalue weighted by molar-refractivity contribution is 0.0946. The predicted molar refractivity (Wildman–Crippen MR) is 108 cm³/mol. The van der Waals surface area contributed by atoms with E-state index in [1.165, 1.54) is 0 Å². The Balaban J connectivity index is 0.00000156. The Morgan fingerprint density at radius 2 is 1.92 bits per heavy atom. The molecule has 1 aromatic heterocycles. The highest BCUT2D eigenvalue weighted by Crippen LogP contribution is 2.17. The summed E-state index contributed by atoms with van der Waals surface area (Å²) in [4.78, 5) is 19.0. The number of nitrogens with zero attached hydrogens (tertiary/aromatic N) is 2. The monoisotopic (exact) mass is 404 g/mol. The van der Waals surface area contributed by atoms with E-state index >= 15 is 0 Å². The maximum absolute atomic E-state index is 12.2. The van der Waals surface area contributed by atoms with Crippen LogP contribution in [0.1, 0.15) is 16.9 Å². The summed E-state index contributed by atoms with van der Waals surface area (Å²) in [6.45, 7) is 5.95. The van der Waals surface area contributed by atoms with Crippen molar-refractivity contribution in [2.24, 2.45) is 0 Å². The second-order valence-corrected chi connectivity index (χ2v) is 6.17. The molecule has 1 aliphatic heterocycles. The number of rotatable bonds is 5. The predicted octanol–water partition coefficient (Wildman–Crippen LogP) is 2.76. The molecule has 0 aliphatic carbocycles. The van der Waals surface area contributed by atoms with E-state index in [1.807, 2.05) is 18.2 Å². The molecule has 8 heteroatoms. The fourth-order valence-electron chi connectivity index (χ4n) is 2.75. The van der Waals surface area contributed by atoms with E-state index < -0.39 is 0 Å². The van der Waals surface area contributed by atoms with Crippen LogP contribution in [0.4, 0.5) is 0 Å². The molecular formula is C17H23Cl3N4O. The number of fused-ring (bicyclic) bond motifs is 1. The summed E-state index contributed by atoms with van der Waals surface area (Å²) in [6, 6.07) is 9.15. The summed E-state index contributed by atoms with van der Waals surface area (Å²) >= 11 is 5.98. The maximum Gasteiger partial charge on any atom is 0.269 e. The number of carbonyl (C=O) groups excluding carboxylic acids is 1. The summed E-state index contributed by atoms with van der Waals surface area (Å²) in [7, 11) is 0. The van der Waals surface area contributed by atoms with Gasteiger partial charge in [0.15, 0.2) is 0 Å². The molecule has 0 radical (unpaired) electrons. The van der Waals surface area contributed by atoms with E-state index in [0.717, 1.165) is 50.0 Å². The van der Waals surface area contributed by atoms with E-state index in [-0.39, 0.29) is 30.7 Å². The molecular weight excluding hydrogens is 383 g/mol. The average Bonchev–Trinajstić information content (AvgIpc) is 2.58. The van der Waals surface area contributed by atoms with E-state index in [4.69, 9.17) is 11.6 Å². The summed E-state index contributed by atoms with van der Waals surface area (Å²) in [5, 5.41) is 7.88. The molecule has 2 N–H and O–H groups in total. The van der Waals surface area contributed by atoms with Gasteiger partial charge in [0.05, 0.1) is 5.52 Å². The van der Waals surface area contributed by atoms with Gasteiger partial charge in [0.25, 0.3) is 5.91 Å². The average molecular weight is 406 g/mol. The van der Waals surface area contributed by atoms with Gasteiger partial charge in [0, 0.05) is 43.1 Å². The molecule has 2 aromatic rings. The third-order valence-electron chi connectivity index (χ3n) is 4.03. The Hall–Kier alpha value is -1.11. The molecule has 1 aliphatic rings. The van der Waals surface area contributed by atoms with Crippen LogP contribution in [0.25, 0.3) is 10.9 Å². The number of pyridine rings is 1. The molecule has 1 fully saturated rings. The SMILES string of the molecule is Cl.Cl.O=C(NCCCN1CCNCC1)c1ccc2ccc(Cl)cc2n1. The zero-order valence-electron chi connectivity index (χ0n) is 13.8. The highest BCUT2D eigenvalue weighted by molar-refractivity contribution is 6.31. The van der Waals surface area contributed by atoms with E-state index in [9.17, 15) is 4.79 Å². The standard InChI is InChI=1S/C17H21ClN4O.2ClH/c18-14-4-2-13-3-5-15(21-16(13)12-14)17(23)20-6-1-9-22-10-7-19-8-11-22;;/h2-5,12,19H,1,6-11H2,(H,20,23);2*1H. The highest BCUT2D eigenvalue weighted by atomic mass is 35.5. The molecule has 2 heterocycles. The Morgan fingerprint density at radius 1 is 1.20 bits per heavy atom. The summed E-state index contributed by atoms with van der Waals surface area (Å²) < 4.78 is 0. The van der Waals surface area contributed by atoms with Gasteiger partial charge < -0.3 is 15.5 Å². The van der Waals surface area contributed by atoms with Crippen LogP contribution >= 0.6 is 36.4 Å². The molecule has 0 bridgehead atoms. The van der Waals surface area contributed by atoms with Crippen LogP contribution in [0.2, 0.25) is 5.02 Å². The quantitative estimate of drug-likeness (QED) is 0.751. The van der Waals surface area contributed by atoms with Gasteiger partial charge in [-0.3, -0.25) is 4.79 Å². The molecule has 0 unspecified atom stereocenters. The van der Waals surface area contributed by atoms with Crippen molar-refractivity contribution in [3.05, 3.63) is 41.0 Å². The van der Waals surface area contributed by atoms with Gasteiger partial charge in [-0.1, -0.05) is 23.7 Å². The summed E-state index contributed by atoms with van der Waals surface area (Å²) in [5.74, 6) is -0.132. The van der Waals surface area contributed by atoms with Crippen LogP contribution in [0.3, 0.4) is 0 Å². The summed E-state index contributed by atoms with van der Waals surface area (Å²) in [5.41, 5.74) is 1.17. The topological polar surface area (TPSA) is 57.3 Å². The number of benzene rings is 1. The Bertz CT molecular complexity index is 693. The van der Waals surface area contributed by atoms with Gasteiger partial charge in [0.2, 0.25) is 0 Å². The zero-order chi connectivity index (χ0) is 16.1. The molecule has 1 aromatic carbocycles. The number of aromatic nitrogens is 1. The largest absolute Gasteiger partial charge is 0.351 e. The van der Waals surface area contributed by atoms with Crippen molar-refractivity contribution < 1.29 is 4.79 Å². The molecule has 138 valence electrons. The smallest absolute Gasteiger partial charge is 0.269 e.